The van der Waals surface area contributed by atoms with E-state index in [1.165, 1.54) is 18.2 Å². The molecule has 10 nitrogen and oxygen atoms in total. The Morgan fingerprint density at radius 1 is 0.915 bits per heavy atom. The molecule has 1 N–H and O–H groups in total. The second-order valence-electron chi connectivity index (χ2n) is 12.3. The fraction of sp³-hybridized carbons (Fsp3) is 0.324. The molecule has 0 aliphatic carbocycles. The first-order chi connectivity index (χ1) is 22.0. The molecule has 0 fully saturated rings. The number of pyridine rings is 1. The molecule has 4 rings (SSSR count). The van der Waals surface area contributed by atoms with Crippen molar-refractivity contribution in [2.75, 3.05) is 50.0 Å². The van der Waals surface area contributed by atoms with Crippen LogP contribution < -0.4 is 14.5 Å². The highest BCUT2D eigenvalue weighted by Gasteiger charge is 2.30. The number of rotatable bonds is 12. The Morgan fingerprint density at radius 3 is 2.28 bits per heavy atom. The number of nitrogens with zero attached hydrogens (tertiary/aromatic N) is 4. The van der Waals surface area contributed by atoms with Crippen molar-refractivity contribution >= 4 is 67.4 Å². The molecule has 0 bridgehead atoms. The lowest BCUT2D eigenvalue weighted by atomic mass is 10.0. The third-order valence-corrected chi connectivity index (χ3v) is 9.24. The van der Waals surface area contributed by atoms with Gasteiger partial charge < -0.3 is 19.9 Å². The van der Waals surface area contributed by atoms with Gasteiger partial charge in [0.05, 0.1) is 10.6 Å². The Hall–Kier alpha value is -3.90. The van der Waals surface area contributed by atoms with Gasteiger partial charge >= 0.3 is 5.97 Å². The van der Waals surface area contributed by atoms with Crippen LogP contribution in [0.4, 0.5) is 11.5 Å². The minimum Gasteiger partial charge on any atom is -0.459 e. The van der Waals surface area contributed by atoms with Gasteiger partial charge in [-0.1, -0.05) is 41.4 Å². The molecule has 0 saturated carbocycles. The number of nitrogens with one attached hydrogen (secondary N) is 1. The summed E-state index contributed by atoms with van der Waals surface area (Å²) >= 11 is 12.3. The summed E-state index contributed by atoms with van der Waals surface area (Å²) in [5.41, 5.74) is 0.665. The predicted molar refractivity (Wildman–Crippen MR) is 188 cm³/mol. The molecular weight excluding hydrogens is 661 g/mol. The van der Waals surface area contributed by atoms with Crippen molar-refractivity contribution in [3.05, 3.63) is 94.1 Å². The summed E-state index contributed by atoms with van der Waals surface area (Å²) in [6.07, 6.45) is 1.72. The van der Waals surface area contributed by atoms with Crippen LogP contribution in [-0.2, 0) is 26.1 Å². The van der Waals surface area contributed by atoms with Gasteiger partial charge in [-0.15, -0.1) is 0 Å². The lowest BCUT2D eigenvalue weighted by Crippen LogP contribution is -2.39. The lowest BCUT2D eigenvalue weighted by molar-refractivity contribution is -0.152. The quantitative estimate of drug-likeness (QED) is 0.179. The molecule has 13 heteroatoms. The van der Waals surface area contributed by atoms with Gasteiger partial charge in [-0.05, 0) is 99.7 Å². The van der Waals surface area contributed by atoms with E-state index in [1.807, 2.05) is 33.3 Å². The largest absolute Gasteiger partial charge is 0.459 e. The van der Waals surface area contributed by atoms with Gasteiger partial charge in [0.15, 0.2) is 0 Å². The zero-order valence-electron chi connectivity index (χ0n) is 27.3. The highest BCUT2D eigenvalue weighted by atomic mass is 35.5. The highest BCUT2D eigenvalue weighted by Crippen LogP contribution is 2.31. The number of benzene rings is 3. The molecule has 0 radical (unpaired) electrons. The van der Waals surface area contributed by atoms with E-state index < -0.39 is 28.1 Å². The summed E-state index contributed by atoms with van der Waals surface area (Å²) in [5, 5.41) is 4.43. The van der Waals surface area contributed by atoms with E-state index in [2.05, 4.69) is 20.1 Å². The van der Waals surface area contributed by atoms with Crippen molar-refractivity contribution in [2.24, 2.45) is 0 Å². The molecule has 0 unspecified atom stereocenters. The maximum absolute atomic E-state index is 13.9. The maximum atomic E-state index is 13.9. The minimum atomic E-state index is -4.33. The summed E-state index contributed by atoms with van der Waals surface area (Å²) < 4.78 is 34.3. The van der Waals surface area contributed by atoms with Crippen LogP contribution in [0.15, 0.2) is 77.8 Å². The number of halogens is 2. The molecule has 0 aliphatic rings. The number of esters is 1. The van der Waals surface area contributed by atoms with Crippen molar-refractivity contribution < 1.29 is 22.7 Å². The number of ether oxygens (including phenoxy) is 1. The summed E-state index contributed by atoms with van der Waals surface area (Å²) in [7, 11) is 1.68. The van der Waals surface area contributed by atoms with E-state index in [0.717, 1.165) is 28.8 Å². The Bertz CT molecular complexity index is 1860. The Kier molecular flexibility index (Phi) is 11.4. The number of hydrogen-bond acceptors (Lipinski definition) is 8. The molecule has 4 aromatic rings. The average Bonchev–Trinajstić information content (AvgIpc) is 2.99. The normalized spacial score (nSPS) is 11.9. The smallest absolute Gasteiger partial charge is 0.327 e. The molecule has 0 aliphatic heterocycles. The number of amides is 1. The van der Waals surface area contributed by atoms with Crippen molar-refractivity contribution in [1.82, 2.24) is 15.2 Å². The second-order valence-corrected chi connectivity index (χ2v) is 15.1. The van der Waals surface area contributed by atoms with Gasteiger partial charge in [0.25, 0.3) is 15.9 Å². The lowest BCUT2D eigenvalue weighted by Gasteiger charge is -2.27. The molecule has 0 spiro atoms. The van der Waals surface area contributed by atoms with Crippen molar-refractivity contribution in [3.8, 4) is 0 Å². The van der Waals surface area contributed by atoms with Crippen LogP contribution in [0.3, 0.4) is 0 Å². The summed E-state index contributed by atoms with van der Waals surface area (Å²) in [6, 6.07) is 17.7. The Labute approximate surface area is 286 Å². The summed E-state index contributed by atoms with van der Waals surface area (Å²) in [6.45, 7) is 6.45. The molecule has 47 heavy (non-hydrogen) atoms. The first kappa shape index (κ1) is 35.9. The van der Waals surface area contributed by atoms with Gasteiger partial charge in [0.1, 0.15) is 18.0 Å². The fourth-order valence-electron chi connectivity index (χ4n) is 4.76. The van der Waals surface area contributed by atoms with Crippen LogP contribution in [0.25, 0.3) is 10.8 Å². The Morgan fingerprint density at radius 2 is 1.62 bits per heavy atom. The topological polar surface area (TPSA) is 112 Å². The highest BCUT2D eigenvalue weighted by molar-refractivity contribution is 7.92. The van der Waals surface area contributed by atoms with E-state index >= 15 is 0 Å². The second kappa shape index (κ2) is 14.9. The van der Waals surface area contributed by atoms with Gasteiger partial charge in [0, 0.05) is 48.5 Å². The predicted octanol–water partition coefficient (Wildman–Crippen LogP) is 6.01. The van der Waals surface area contributed by atoms with Crippen LogP contribution in [-0.4, -0.2) is 76.6 Å². The van der Waals surface area contributed by atoms with Crippen molar-refractivity contribution in [1.29, 1.82) is 0 Å². The molecule has 1 aromatic heterocycles. The number of carbonyl (C=O) groups is 2. The molecule has 250 valence electrons. The number of fused-ring (bicyclic) bond motifs is 1. The van der Waals surface area contributed by atoms with E-state index in [-0.39, 0.29) is 33.1 Å². The summed E-state index contributed by atoms with van der Waals surface area (Å²) in [5.74, 6) is -0.234. The molecule has 1 heterocycles. The minimum absolute atomic E-state index is 0.127. The first-order valence-electron chi connectivity index (χ1n) is 14.9. The third-order valence-electron chi connectivity index (χ3n) is 7.05. The molecule has 3 aromatic carbocycles. The fourth-order valence-corrected chi connectivity index (χ4v) is 6.88. The monoisotopic (exact) mass is 699 g/mol. The molecule has 1 amide bonds. The molecular formula is C34H39Cl2N5O5S. The molecule has 0 saturated heterocycles. The average molecular weight is 701 g/mol. The summed E-state index contributed by atoms with van der Waals surface area (Å²) in [4.78, 5) is 34.7. The zero-order valence-corrected chi connectivity index (χ0v) is 29.6. The van der Waals surface area contributed by atoms with Crippen LogP contribution in [0.5, 0.6) is 0 Å². The van der Waals surface area contributed by atoms with Crippen LogP contribution in [0.1, 0.15) is 36.7 Å². The van der Waals surface area contributed by atoms with E-state index in [4.69, 9.17) is 27.9 Å². The van der Waals surface area contributed by atoms with Crippen molar-refractivity contribution in [2.45, 2.75) is 37.8 Å². The Balaban J connectivity index is 1.62. The SMILES string of the molecule is CN(C)CCN(C)c1cc(CNC(=O)c2cccc3cc(N(CC(=O)OC(C)(C)C)S(=O)(=O)c4cc(Cl)cc(Cl)c4)ccc23)ccn1. The maximum Gasteiger partial charge on any atom is 0.327 e. The van der Waals surface area contributed by atoms with Crippen LogP contribution in [0, 0.1) is 0 Å². The van der Waals surface area contributed by atoms with Gasteiger partial charge in [-0.25, -0.2) is 13.4 Å². The number of anilines is 2. The number of aromatic nitrogens is 1. The van der Waals surface area contributed by atoms with Gasteiger partial charge in [-0.3, -0.25) is 13.9 Å². The number of carbonyl (C=O) groups excluding carboxylic acids is 2. The zero-order chi connectivity index (χ0) is 34.5. The standard InChI is InChI=1S/C34H39Cl2N5O5S/c1-34(2,3)46-32(42)22-41(47(44,45)28-19-25(35)18-26(36)20-28)27-10-11-29-24(17-27)8-7-9-30(29)33(43)38-21-23-12-13-37-31(16-23)40(6)15-14-39(4)5/h7-13,16-20H,14-15,21-22H2,1-6H3,(H,38,43). The number of sulfonamides is 1. The van der Waals surface area contributed by atoms with Gasteiger partial charge in [-0.2, -0.15) is 0 Å². The van der Waals surface area contributed by atoms with E-state index in [0.29, 0.717) is 16.3 Å². The first-order valence-corrected chi connectivity index (χ1v) is 17.1. The molecule has 0 atom stereocenters. The van der Waals surface area contributed by atoms with Crippen LogP contribution in [0.2, 0.25) is 10.0 Å². The number of hydrogen-bond donors (Lipinski definition) is 1. The number of likely N-dealkylation sites (N-methyl/N-ethyl adjacent to an activating group) is 2. The van der Waals surface area contributed by atoms with Crippen LogP contribution >= 0.6 is 23.2 Å². The van der Waals surface area contributed by atoms with E-state index in [9.17, 15) is 18.0 Å². The van der Waals surface area contributed by atoms with Crippen molar-refractivity contribution in [3.63, 3.8) is 0 Å². The van der Waals surface area contributed by atoms with E-state index in [1.54, 1.807) is 63.4 Å². The third kappa shape index (κ3) is 9.57. The van der Waals surface area contributed by atoms with Gasteiger partial charge in [0.2, 0.25) is 0 Å².